The van der Waals surface area contributed by atoms with Gasteiger partial charge in [0.1, 0.15) is 16.7 Å². The molecule has 0 amide bonds. The minimum Gasteiger partial charge on any atom is -0.480 e. The number of hydrogen-bond donors (Lipinski definition) is 1. The fourth-order valence-electron chi connectivity index (χ4n) is 3.30. The summed E-state index contributed by atoms with van der Waals surface area (Å²) in [5, 5.41) is 10.1. The lowest BCUT2D eigenvalue weighted by atomic mass is 9.97. The van der Waals surface area contributed by atoms with E-state index in [0.29, 0.717) is 24.1 Å². The number of carboxylic acid groups (broad SMARTS) is 1. The van der Waals surface area contributed by atoms with Crippen LogP contribution < -0.4 is 5.56 Å². The molecule has 1 aliphatic carbocycles. The highest BCUT2D eigenvalue weighted by Gasteiger charge is 2.26. The number of rotatable bonds is 4. The zero-order valence-electron chi connectivity index (χ0n) is 12.9. The predicted octanol–water partition coefficient (Wildman–Crippen LogP) is 2.93. The summed E-state index contributed by atoms with van der Waals surface area (Å²) in [5.74, 6) is -0.394. The minimum absolute atomic E-state index is 0.171. The zero-order chi connectivity index (χ0) is 15.9. The molecule has 0 bridgehead atoms. The van der Waals surface area contributed by atoms with E-state index in [1.54, 1.807) is 18.3 Å². The fourth-order valence-corrected chi connectivity index (χ4v) is 4.57. The standard InChI is InChI=1S/C16H20N2O3S/c1-3-10(16(20)21)18-12(4-2)17-14-13(15(18)19)9-7-5-6-8-11(9)22-14/h10H,3-8H2,1-2H3,(H,20,21). The summed E-state index contributed by atoms with van der Waals surface area (Å²) in [4.78, 5) is 31.2. The van der Waals surface area contributed by atoms with Gasteiger partial charge in [-0.1, -0.05) is 13.8 Å². The van der Waals surface area contributed by atoms with Crippen LogP contribution in [0.1, 0.15) is 55.4 Å². The molecule has 1 N–H and O–H groups in total. The highest BCUT2D eigenvalue weighted by atomic mass is 32.1. The molecule has 1 atom stereocenters. The maximum atomic E-state index is 13.0. The van der Waals surface area contributed by atoms with Crippen LogP contribution in [-0.2, 0) is 24.1 Å². The maximum absolute atomic E-state index is 13.0. The van der Waals surface area contributed by atoms with E-state index in [2.05, 4.69) is 4.98 Å². The molecule has 118 valence electrons. The van der Waals surface area contributed by atoms with E-state index < -0.39 is 12.0 Å². The Balaban J connectivity index is 2.34. The van der Waals surface area contributed by atoms with Gasteiger partial charge < -0.3 is 5.11 Å². The van der Waals surface area contributed by atoms with Gasteiger partial charge in [-0.25, -0.2) is 9.78 Å². The Labute approximate surface area is 132 Å². The predicted molar refractivity (Wildman–Crippen MR) is 86.9 cm³/mol. The smallest absolute Gasteiger partial charge is 0.326 e. The Bertz CT molecular complexity index is 791. The van der Waals surface area contributed by atoms with E-state index in [1.165, 1.54) is 9.44 Å². The second kappa shape index (κ2) is 5.83. The number of fused-ring (bicyclic) bond motifs is 3. The Morgan fingerprint density at radius 2 is 2.09 bits per heavy atom. The van der Waals surface area contributed by atoms with E-state index >= 15 is 0 Å². The Morgan fingerprint density at radius 1 is 1.36 bits per heavy atom. The Hall–Kier alpha value is -1.69. The molecule has 0 saturated heterocycles. The number of aliphatic carboxylic acids is 1. The topological polar surface area (TPSA) is 72.2 Å². The molecule has 1 aliphatic rings. The molecule has 1 unspecified atom stereocenters. The van der Waals surface area contributed by atoms with Gasteiger partial charge in [0.05, 0.1) is 5.39 Å². The van der Waals surface area contributed by atoms with E-state index in [0.717, 1.165) is 36.1 Å². The fraction of sp³-hybridized carbons (Fsp3) is 0.562. The van der Waals surface area contributed by atoms with Crippen molar-refractivity contribution >= 4 is 27.5 Å². The number of hydrogen-bond acceptors (Lipinski definition) is 4. The summed E-state index contributed by atoms with van der Waals surface area (Å²) in [6.45, 7) is 3.70. The SMILES string of the molecule is CCc1nc2sc3c(c2c(=O)n1C(CC)C(=O)O)CCCC3. The van der Waals surface area contributed by atoms with Gasteiger partial charge in [-0.2, -0.15) is 0 Å². The average Bonchev–Trinajstić information content (AvgIpc) is 2.88. The molecule has 5 nitrogen and oxygen atoms in total. The van der Waals surface area contributed by atoms with Crippen LogP contribution in [0.3, 0.4) is 0 Å². The molecular weight excluding hydrogens is 300 g/mol. The first-order valence-electron chi connectivity index (χ1n) is 7.86. The molecule has 22 heavy (non-hydrogen) atoms. The average molecular weight is 320 g/mol. The number of carboxylic acids is 1. The van der Waals surface area contributed by atoms with Gasteiger partial charge >= 0.3 is 5.97 Å². The summed E-state index contributed by atoms with van der Waals surface area (Å²) in [7, 11) is 0. The quantitative estimate of drug-likeness (QED) is 0.940. The summed E-state index contributed by atoms with van der Waals surface area (Å²) in [5.41, 5.74) is 0.941. The van der Waals surface area contributed by atoms with Gasteiger partial charge in [-0.05, 0) is 37.7 Å². The van der Waals surface area contributed by atoms with E-state index in [-0.39, 0.29) is 5.56 Å². The Kier molecular flexibility index (Phi) is 4.04. The number of aromatic nitrogens is 2. The van der Waals surface area contributed by atoms with Crippen molar-refractivity contribution in [3.63, 3.8) is 0 Å². The minimum atomic E-state index is -0.968. The third kappa shape index (κ3) is 2.26. The molecule has 6 heteroatoms. The first-order chi connectivity index (χ1) is 10.6. The van der Waals surface area contributed by atoms with E-state index in [4.69, 9.17) is 0 Å². The zero-order valence-corrected chi connectivity index (χ0v) is 13.7. The highest BCUT2D eigenvalue weighted by Crippen LogP contribution is 2.34. The molecule has 0 saturated carbocycles. The molecule has 0 aromatic carbocycles. The van der Waals surface area contributed by atoms with Crippen molar-refractivity contribution in [2.24, 2.45) is 0 Å². The monoisotopic (exact) mass is 320 g/mol. The van der Waals surface area contributed by atoms with Gasteiger partial charge in [0, 0.05) is 11.3 Å². The summed E-state index contributed by atoms with van der Waals surface area (Å²) in [6, 6.07) is -0.835. The van der Waals surface area contributed by atoms with E-state index in [1.807, 2.05) is 6.92 Å². The van der Waals surface area contributed by atoms with Crippen LogP contribution in [-0.4, -0.2) is 20.6 Å². The van der Waals surface area contributed by atoms with Crippen molar-refractivity contribution in [3.05, 3.63) is 26.6 Å². The molecule has 0 radical (unpaired) electrons. The van der Waals surface area contributed by atoms with Gasteiger partial charge in [0.25, 0.3) is 5.56 Å². The third-order valence-corrected chi connectivity index (χ3v) is 5.58. The maximum Gasteiger partial charge on any atom is 0.326 e. The van der Waals surface area contributed by atoms with Crippen molar-refractivity contribution in [2.45, 2.75) is 58.4 Å². The van der Waals surface area contributed by atoms with Crippen LogP contribution in [0.2, 0.25) is 0 Å². The Morgan fingerprint density at radius 3 is 2.73 bits per heavy atom. The lowest BCUT2D eigenvalue weighted by Crippen LogP contribution is -2.33. The van der Waals surface area contributed by atoms with Crippen molar-refractivity contribution in [2.75, 3.05) is 0 Å². The van der Waals surface area contributed by atoms with Crippen molar-refractivity contribution in [3.8, 4) is 0 Å². The van der Waals surface area contributed by atoms with Crippen LogP contribution in [0.5, 0.6) is 0 Å². The van der Waals surface area contributed by atoms with Crippen molar-refractivity contribution < 1.29 is 9.90 Å². The summed E-state index contributed by atoms with van der Waals surface area (Å²) in [6.07, 6.45) is 5.08. The normalized spacial score (nSPS) is 15.7. The molecule has 3 rings (SSSR count). The van der Waals surface area contributed by atoms with Crippen LogP contribution in [0.15, 0.2) is 4.79 Å². The third-order valence-electron chi connectivity index (χ3n) is 4.39. The first-order valence-corrected chi connectivity index (χ1v) is 8.68. The van der Waals surface area contributed by atoms with Crippen molar-refractivity contribution in [1.82, 2.24) is 9.55 Å². The lowest BCUT2D eigenvalue weighted by Gasteiger charge is -2.18. The molecule has 2 aromatic rings. The number of aryl methyl sites for hydroxylation is 3. The molecule has 0 aliphatic heterocycles. The van der Waals surface area contributed by atoms with Crippen LogP contribution in [0, 0.1) is 0 Å². The van der Waals surface area contributed by atoms with Gasteiger partial charge in [0.15, 0.2) is 0 Å². The second-order valence-electron chi connectivity index (χ2n) is 5.71. The first kappa shape index (κ1) is 15.2. The molecule has 0 fully saturated rings. The van der Waals surface area contributed by atoms with Gasteiger partial charge in [-0.3, -0.25) is 9.36 Å². The molecule has 2 heterocycles. The number of carbonyl (C=O) groups is 1. The number of thiophene rings is 1. The second-order valence-corrected chi connectivity index (χ2v) is 6.79. The van der Waals surface area contributed by atoms with Crippen LogP contribution in [0.25, 0.3) is 10.2 Å². The molecule has 2 aromatic heterocycles. The number of nitrogens with zero attached hydrogens (tertiary/aromatic N) is 2. The highest BCUT2D eigenvalue weighted by molar-refractivity contribution is 7.18. The van der Waals surface area contributed by atoms with Crippen LogP contribution >= 0.6 is 11.3 Å². The lowest BCUT2D eigenvalue weighted by molar-refractivity contribution is -0.141. The van der Waals surface area contributed by atoms with E-state index in [9.17, 15) is 14.7 Å². The summed E-state index contributed by atoms with van der Waals surface area (Å²) < 4.78 is 1.41. The largest absolute Gasteiger partial charge is 0.480 e. The molecule has 0 spiro atoms. The van der Waals surface area contributed by atoms with Crippen molar-refractivity contribution in [1.29, 1.82) is 0 Å². The molecular formula is C16H20N2O3S. The van der Waals surface area contributed by atoms with Gasteiger partial charge in [0.2, 0.25) is 0 Å². The van der Waals surface area contributed by atoms with Crippen LogP contribution in [0.4, 0.5) is 0 Å². The summed E-state index contributed by atoms with van der Waals surface area (Å²) >= 11 is 1.61. The van der Waals surface area contributed by atoms with Gasteiger partial charge in [-0.15, -0.1) is 11.3 Å².